The van der Waals surface area contributed by atoms with Crippen LogP contribution in [0, 0.1) is 0 Å². The molecule has 0 bridgehead atoms. The van der Waals surface area contributed by atoms with E-state index >= 15 is 0 Å². The molecule has 0 atom stereocenters. The number of rotatable bonds is 4. The molecule has 41 valence electrons. The van der Waals surface area contributed by atoms with Gasteiger partial charge in [-0.15, -0.1) is 0 Å². The van der Waals surface area contributed by atoms with Crippen molar-refractivity contribution in [2.24, 2.45) is 0 Å². The van der Waals surface area contributed by atoms with Gasteiger partial charge in [-0.3, -0.25) is 4.79 Å². The van der Waals surface area contributed by atoms with Gasteiger partial charge in [-0.05, 0) is 0 Å². The molecule has 0 heterocycles. The molecule has 1 radical (unpaired) electrons. The van der Waals surface area contributed by atoms with E-state index in [9.17, 15) is 4.79 Å². The minimum absolute atomic E-state index is 0.0711. The second-order valence-electron chi connectivity index (χ2n) is 1.04. The van der Waals surface area contributed by atoms with E-state index < -0.39 is 0 Å². The van der Waals surface area contributed by atoms with E-state index in [4.69, 9.17) is 5.11 Å². The summed E-state index contributed by atoms with van der Waals surface area (Å²) < 4.78 is 0. The molecule has 0 rings (SSSR count). The van der Waals surface area contributed by atoms with Crippen LogP contribution in [0.25, 0.3) is 0 Å². The van der Waals surface area contributed by atoms with Gasteiger partial charge < -0.3 is 10.4 Å². The molecule has 0 saturated carbocycles. The van der Waals surface area contributed by atoms with Crippen LogP contribution in [0.5, 0.6) is 0 Å². The number of hydrogen-bond donors (Lipinski definition) is 2. The minimum Gasteiger partial charge on any atom is -0.395 e. The molecular formula is C4H8NO2. The molecule has 3 nitrogen and oxygen atoms in total. The van der Waals surface area contributed by atoms with Crippen LogP contribution >= 0.6 is 0 Å². The zero-order chi connectivity index (χ0) is 5.54. The van der Waals surface area contributed by atoms with E-state index in [1.165, 1.54) is 0 Å². The van der Waals surface area contributed by atoms with Gasteiger partial charge in [0.05, 0.1) is 13.2 Å². The Balaban J connectivity index is 2.56. The predicted molar refractivity (Wildman–Crippen MR) is 25.6 cm³/mol. The van der Waals surface area contributed by atoms with E-state index in [1.807, 2.05) is 0 Å². The van der Waals surface area contributed by atoms with E-state index in [-0.39, 0.29) is 13.2 Å². The summed E-state index contributed by atoms with van der Waals surface area (Å²) in [5.74, 6) is 0. The Morgan fingerprint density at radius 2 is 2.43 bits per heavy atom. The second-order valence-corrected chi connectivity index (χ2v) is 1.04. The van der Waals surface area contributed by atoms with Crippen molar-refractivity contribution in [3.05, 3.63) is 0 Å². The van der Waals surface area contributed by atoms with Gasteiger partial charge in [0.2, 0.25) is 6.29 Å². The number of nitrogens with one attached hydrogen (secondary N) is 1. The van der Waals surface area contributed by atoms with Crippen LogP contribution in [0.1, 0.15) is 0 Å². The third-order valence-electron chi connectivity index (χ3n) is 0.486. The Morgan fingerprint density at radius 3 is 2.86 bits per heavy atom. The highest BCUT2D eigenvalue weighted by atomic mass is 16.3. The van der Waals surface area contributed by atoms with Crippen LogP contribution in [0.3, 0.4) is 0 Å². The van der Waals surface area contributed by atoms with Crippen LogP contribution in [-0.4, -0.2) is 31.1 Å². The van der Waals surface area contributed by atoms with E-state index in [2.05, 4.69) is 5.32 Å². The molecule has 0 fully saturated rings. The number of aliphatic hydroxyl groups excluding tert-OH is 1. The first-order valence-corrected chi connectivity index (χ1v) is 2.08. The molecule has 0 aliphatic rings. The van der Waals surface area contributed by atoms with Crippen molar-refractivity contribution in [2.45, 2.75) is 0 Å². The lowest BCUT2D eigenvalue weighted by Crippen LogP contribution is -2.19. The summed E-state index contributed by atoms with van der Waals surface area (Å²) >= 11 is 0. The molecule has 0 aliphatic heterocycles. The molecule has 0 aromatic heterocycles. The predicted octanol–water partition coefficient (Wildman–Crippen LogP) is -1.32. The Bertz CT molecular complexity index is 47.0. The fourth-order valence-electron chi connectivity index (χ4n) is 0.218. The number of aliphatic hydroxyl groups is 1. The summed E-state index contributed by atoms with van der Waals surface area (Å²) in [6, 6.07) is 0. The first-order chi connectivity index (χ1) is 3.41. The topological polar surface area (TPSA) is 49.3 Å². The molecule has 0 aromatic rings. The maximum atomic E-state index is 9.41. The minimum atomic E-state index is 0.0711. The summed E-state index contributed by atoms with van der Waals surface area (Å²) in [5, 5.41) is 10.7. The average Bonchev–Trinajstić information content (AvgIpc) is 1.69. The van der Waals surface area contributed by atoms with Crippen molar-refractivity contribution in [2.75, 3.05) is 19.7 Å². The number of hydrogen-bond acceptors (Lipinski definition) is 3. The molecule has 7 heavy (non-hydrogen) atoms. The zero-order valence-corrected chi connectivity index (χ0v) is 3.98. The van der Waals surface area contributed by atoms with Crippen molar-refractivity contribution in [3.8, 4) is 0 Å². The second kappa shape index (κ2) is 5.59. The fourth-order valence-corrected chi connectivity index (χ4v) is 0.218. The largest absolute Gasteiger partial charge is 0.395 e. The molecule has 0 saturated heterocycles. The first-order valence-electron chi connectivity index (χ1n) is 2.08. The monoisotopic (exact) mass is 102 g/mol. The highest BCUT2D eigenvalue weighted by Gasteiger charge is 1.78. The van der Waals surface area contributed by atoms with Crippen molar-refractivity contribution >= 4 is 6.29 Å². The third kappa shape index (κ3) is 5.59. The molecule has 0 aliphatic carbocycles. The summed E-state index contributed by atoms with van der Waals surface area (Å²) in [6.07, 6.45) is 1.63. The summed E-state index contributed by atoms with van der Waals surface area (Å²) in [6.45, 7) is 0.748. The van der Waals surface area contributed by atoms with E-state index in [0.29, 0.717) is 6.54 Å². The SMILES string of the molecule is O=[C]CNCCO. The van der Waals surface area contributed by atoms with Crippen molar-refractivity contribution in [1.29, 1.82) is 0 Å². The van der Waals surface area contributed by atoms with Gasteiger partial charge in [0.25, 0.3) is 0 Å². The van der Waals surface area contributed by atoms with Crippen LogP contribution in [0.15, 0.2) is 0 Å². The highest BCUT2D eigenvalue weighted by Crippen LogP contribution is 1.50. The summed E-state index contributed by atoms with van der Waals surface area (Å²) in [5.41, 5.74) is 0. The van der Waals surface area contributed by atoms with Gasteiger partial charge >= 0.3 is 0 Å². The van der Waals surface area contributed by atoms with Crippen molar-refractivity contribution in [3.63, 3.8) is 0 Å². The zero-order valence-electron chi connectivity index (χ0n) is 3.98. The van der Waals surface area contributed by atoms with Crippen LogP contribution in [-0.2, 0) is 4.79 Å². The van der Waals surface area contributed by atoms with E-state index in [0.717, 1.165) is 0 Å². The lowest BCUT2D eigenvalue weighted by molar-refractivity contribution is 0.295. The summed E-state index contributed by atoms with van der Waals surface area (Å²) in [4.78, 5) is 9.41. The standard InChI is InChI=1S/C4H8NO2/c6-3-1-5-2-4-7/h5-6H,1-3H2. The van der Waals surface area contributed by atoms with Crippen LogP contribution in [0.4, 0.5) is 0 Å². The smallest absolute Gasteiger partial charge is 0.213 e. The Labute approximate surface area is 42.3 Å². The molecule has 0 spiro atoms. The maximum Gasteiger partial charge on any atom is 0.213 e. The Morgan fingerprint density at radius 1 is 1.71 bits per heavy atom. The van der Waals surface area contributed by atoms with E-state index in [1.54, 1.807) is 6.29 Å². The van der Waals surface area contributed by atoms with Crippen LogP contribution in [0.2, 0.25) is 0 Å². The quantitative estimate of drug-likeness (QED) is 0.433. The molecular weight excluding hydrogens is 94.0 g/mol. The maximum absolute atomic E-state index is 9.41. The summed E-state index contributed by atoms with van der Waals surface area (Å²) in [7, 11) is 0. The van der Waals surface area contributed by atoms with Crippen molar-refractivity contribution < 1.29 is 9.90 Å². The van der Waals surface area contributed by atoms with Gasteiger partial charge in [0.1, 0.15) is 0 Å². The lowest BCUT2D eigenvalue weighted by Gasteiger charge is -1.90. The van der Waals surface area contributed by atoms with Gasteiger partial charge in [-0.2, -0.15) is 0 Å². The molecule has 0 amide bonds. The Kier molecular flexibility index (Phi) is 5.26. The van der Waals surface area contributed by atoms with Gasteiger partial charge in [0, 0.05) is 6.54 Å². The third-order valence-corrected chi connectivity index (χ3v) is 0.486. The first kappa shape index (κ1) is 6.59. The molecule has 3 heteroatoms. The van der Waals surface area contributed by atoms with Crippen LogP contribution < -0.4 is 5.32 Å². The normalized spacial score (nSPS) is 8.71. The fraction of sp³-hybridized carbons (Fsp3) is 0.750. The molecule has 0 aromatic carbocycles. The Hall–Kier alpha value is -0.410. The molecule has 2 N–H and O–H groups in total. The lowest BCUT2D eigenvalue weighted by atomic mass is 10.6. The van der Waals surface area contributed by atoms with Crippen molar-refractivity contribution in [1.82, 2.24) is 5.32 Å². The average molecular weight is 102 g/mol. The molecule has 0 unspecified atom stereocenters. The van der Waals surface area contributed by atoms with Gasteiger partial charge in [-0.25, -0.2) is 0 Å². The van der Waals surface area contributed by atoms with Gasteiger partial charge in [-0.1, -0.05) is 0 Å². The number of carbonyl (C=O) groups excluding carboxylic acids is 1. The van der Waals surface area contributed by atoms with Gasteiger partial charge in [0.15, 0.2) is 0 Å². The highest BCUT2D eigenvalue weighted by molar-refractivity contribution is 5.52.